The topological polar surface area (TPSA) is 66.8 Å². The van der Waals surface area contributed by atoms with Gasteiger partial charge in [-0.25, -0.2) is 0 Å². The number of allylic oxidation sites excluding steroid dienone is 2. The lowest BCUT2D eigenvalue weighted by Crippen LogP contribution is -2.62. The van der Waals surface area contributed by atoms with Crippen LogP contribution in [0.15, 0.2) is 12.2 Å². The van der Waals surface area contributed by atoms with Crippen molar-refractivity contribution in [2.45, 2.75) is 117 Å². The minimum Gasteiger partial charge on any atom is -0.393 e. The summed E-state index contributed by atoms with van der Waals surface area (Å²) in [5, 5.41) is 23.5. The van der Waals surface area contributed by atoms with E-state index in [1.54, 1.807) is 6.92 Å². The number of aliphatic hydroxyl groups excluding tert-OH is 2. The predicted octanol–water partition coefficient (Wildman–Crippen LogP) is 6.19. The average molecular weight is 513 g/mol. The highest BCUT2D eigenvalue weighted by atomic mass is 16.5. The lowest BCUT2D eigenvalue weighted by atomic mass is 9.43. The van der Waals surface area contributed by atoms with Gasteiger partial charge in [-0.1, -0.05) is 32.9 Å². The summed E-state index contributed by atoms with van der Waals surface area (Å²) in [6.45, 7) is 9.73. The highest BCUT2D eigenvalue weighted by Crippen LogP contribution is 2.68. The molecule has 0 amide bonds. The first-order valence-electron chi connectivity index (χ1n) is 15.8. The van der Waals surface area contributed by atoms with E-state index in [-0.39, 0.29) is 28.8 Å². The molecule has 0 aromatic heterocycles. The lowest BCUT2D eigenvalue weighted by Gasteiger charge is -2.63. The van der Waals surface area contributed by atoms with E-state index in [1.165, 1.54) is 19.3 Å². The number of carbonyl (C=O) groups excluding carboxylic acids is 1. The van der Waals surface area contributed by atoms with E-state index in [2.05, 4.69) is 32.9 Å². The highest BCUT2D eigenvalue weighted by molar-refractivity contribution is 5.75. The molecule has 0 spiro atoms. The van der Waals surface area contributed by atoms with Gasteiger partial charge in [0.2, 0.25) is 0 Å². The number of ether oxygens (including phenoxy) is 1. The van der Waals surface area contributed by atoms with Crippen LogP contribution in [0.25, 0.3) is 0 Å². The molecule has 0 heterocycles. The molecule has 4 nitrogen and oxygen atoms in total. The van der Waals surface area contributed by atoms with Gasteiger partial charge in [-0.05, 0) is 135 Å². The van der Waals surface area contributed by atoms with Crippen LogP contribution < -0.4 is 0 Å². The second kappa shape index (κ2) is 9.73. The van der Waals surface area contributed by atoms with Gasteiger partial charge in [-0.15, -0.1) is 0 Å². The van der Waals surface area contributed by atoms with E-state index >= 15 is 0 Å². The second-order valence-corrected chi connectivity index (χ2v) is 15.1. The number of ketones is 1. The lowest BCUT2D eigenvalue weighted by molar-refractivity contribution is -0.209. The van der Waals surface area contributed by atoms with Gasteiger partial charge >= 0.3 is 0 Å². The Hall–Kier alpha value is -0.710. The van der Waals surface area contributed by atoms with Crippen LogP contribution in [0.3, 0.4) is 0 Å². The number of Topliss-reactive ketones (excluding diaryl/α,β-unsaturated/α-hetero) is 1. The Bertz CT molecular complexity index is 899. The molecule has 14 atom stereocenters. The number of fused-ring (bicyclic) bond motifs is 7. The molecule has 2 N–H and O–H groups in total. The van der Waals surface area contributed by atoms with Crippen LogP contribution >= 0.6 is 0 Å². The zero-order chi connectivity index (χ0) is 26.1. The van der Waals surface area contributed by atoms with Crippen molar-refractivity contribution < 1.29 is 19.7 Å². The summed E-state index contributed by atoms with van der Waals surface area (Å²) in [5.41, 5.74) is 0.0521. The predicted molar refractivity (Wildman–Crippen MR) is 146 cm³/mol. The van der Waals surface area contributed by atoms with Crippen molar-refractivity contribution in [3.8, 4) is 0 Å². The van der Waals surface area contributed by atoms with Gasteiger partial charge in [0.15, 0.2) is 0 Å². The zero-order valence-electron chi connectivity index (χ0n) is 23.8. The fourth-order valence-corrected chi connectivity index (χ4v) is 11.2. The summed E-state index contributed by atoms with van der Waals surface area (Å²) in [5.74, 6) is 4.99. The van der Waals surface area contributed by atoms with Crippen LogP contribution in [-0.4, -0.2) is 40.9 Å². The molecule has 0 radical (unpaired) electrons. The van der Waals surface area contributed by atoms with Crippen molar-refractivity contribution in [2.24, 2.45) is 64.1 Å². The van der Waals surface area contributed by atoms with Gasteiger partial charge in [-0.3, -0.25) is 0 Å². The minimum atomic E-state index is -0.311. The normalized spacial score (nSPS) is 53.0. The summed E-state index contributed by atoms with van der Waals surface area (Å²) < 4.78 is 6.58. The monoisotopic (exact) mass is 512 g/mol. The van der Waals surface area contributed by atoms with Crippen molar-refractivity contribution in [3.63, 3.8) is 0 Å². The highest BCUT2D eigenvalue weighted by Gasteiger charge is 2.65. The van der Waals surface area contributed by atoms with Crippen molar-refractivity contribution in [1.29, 1.82) is 0 Å². The maximum absolute atomic E-state index is 11.8. The Morgan fingerprint density at radius 2 is 1.84 bits per heavy atom. The quantitative estimate of drug-likeness (QED) is 0.399. The molecule has 5 saturated carbocycles. The number of hydrogen-bond donors (Lipinski definition) is 2. The molecule has 37 heavy (non-hydrogen) atoms. The van der Waals surface area contributed by atoms with Crippen LogP contribution in [0.4, 0.5) is 0 Å². The van der Waals surface area contributed by atoms with Crippen molar-refractivity contribution in [3.05, 3.63) is 12.2 Å². The van der Waals surface area contributed by atoms with Gasteiger partial charge in [0.1, 0.15) is 5.78 Å². The SMILES string of the molecule is CC(=O)CCC(C)C1CCC2C3C(O)CC4CC(OCC5CC6C=CC5C6)CCC4(C)C3CC(O)C12C. The fraction of sp³-hybridized carbons (Fsp3) is 0.909. The van der Waals surface area contributed by atoms with Crippen molar-refractivity contribution in [1.82, 2.24) is 0 Å². The van der Waals surface area contributed by atoms with Crippen molar-refractivity contribution >= 4 is 5.78 Å². The molecule has 2 bridgehead atoms. The Kier molecular flexibility index (Phi) is 6.97. The zero-order valence-corrected chi connectivity index (χ0v) is 23.8. The Balaban J connectivity index is 1.14. The fourth-order valence-electron chi connectivity index (χ4n) is 11.2. The van der Waals surface area contributed by atoms with E-state index in [9.17, 15) is 15.0 Å². The number of aliphatic hydroxyl groups is 2. The van der Waals surface area contributed by atoms with E-state index < -0.39 is 0 Å². The Labute approximate surface area is 225 Å². The van der Waals surface area contributed by atoms with E-state index in [1.807, 2.05) is 0 Å². The minimum absolute atomic E-state index is 0.142. The molecule has 6 aliphatic carbocycles. The molecule has 4 heteroatoms. The van der Waals surface area contributed by atoms with Gasteiger partial charge in [0.25, 0.3) is 0 Å². The van der Waals surface area contributed by atoms with E-state index in [4.69, 9.17) is 4.74 Å². The smallest absolute Gasteiger partial charge is 0.129 e. The second-order valence-electron chi connectivity index (χ2n) is 15.1. The number of carbonyl (C=O) groups is 1. The third-order valence-electron chi connectivity index (χ3n) is 13.4. The van der Waals surface area contributed by atoms with Crippen molar-refractivity contribution in [2.75, 3.05) is 6.61 Å². The van der Waals surface area contributed by atoms with E-state index in [0.29, 0.717) is 54.0 Å². The van der Waals surface area contributed by atoms with Crippen LogP contribution in [0, 0.1) is 64.1 Å². The number of hydrogen-bond acceptors (Lipinski definition) is 4. The molecule has 0 saturated heterocycles. The van der Waals surface area contributed by atoms with Crippen LogP contribution in [0.2, 0.25) is 0 Å². The first-order valence-corrected chi connectivity index (χ1v) is 15.8. The Morgan fingerprint density at radius 3 is 2.54 bits per heavy atom. The molecule has 0 aromatic rings. The number of rotatable bonds is 7. The van der Waals surface area contributed by atoms with Gasteiger partial charge in [-0.2, -0.15) is 0 Å². The summed E-state index contributed by atoms with van der Waals surface area (Å²) in [7, 11) is 0. The molecule has 0 aromatic carbocycles. The molecule has 5 fully saturated rings. The van der Waals surface area contributed by atoms with Gasteiger partial charge in [0, 0.05) is 6.42 Å². The first-order chi connectivity index (χ1) is 17.6. The maximum Gasteiger partial charge on any atom is 0.129 e. The third-order valence-corrected chi connectivity index (χ3v) is 13.4. The summed E-state index contributed by atoms with van der Waals surface area (Å²) in [4.78, 5) is 11.7. The maximum atomic E-state index is 11.8. The molecular weight excluding hydrogens is 460 g/mol. The summed E-state index contributed by atoms with van der Waals surface area (Å²) in [6.07, 6.45) is 16.2. The standard InChI is InChI=1S/C33H52O4/c1-19(5-6-20(2)34)26-9-10-27-31-28(17-30(36)33(26,27)4)32(3)12-11-25(15-24(32)16-29(31)35)37-18-23-14-21-7-8-22(23)13-21/h7-8,19,21-31,35-36H,5-6,9-18H2,1-4H3. The molecular formula is C33H52O4. The molecule has 6 aliphatic rings. The molecule has 14 unspecified atom stereocenters. The Morgan fingerprint density at radius 1 is 1.03 bits per heavy atom. The van der Waals surface area contributed by atoms with E-state index in [0.717, 1.165) is 63.4 Å². The van der Waals surface area contributed by atoms with Gasteiger partial charge < -0.3 is 19.7 Å². The molecule has 208 valence electrons. The van der Waals surface area contributed by atoms with Crippen LogP contribution in [-0.2, 0) is 9.53 Å². The summed E-state index contributed by atoms with van der Waals surface area (Å²) in [6, 6.07) is 0. The molecule has 0 aliphatic heterocycles. The first kappa shape index (κ1) is 26.5. The van der Waals surface area contributed by atoms with Crippen LogP contribution in [0.5, 0.6) is 0 Å². The third kappa shape index (κ3) is 4.31. The van der Waals surface area contributed by atoms with Crippen LogP contribution in [0.1, 0.15) is 98.3 Å². The van der Waals surface area contributed by atoms with Gasteiger partial charge in [0.05, 0.1) is 24.9 Å². The molecule has 6 rings (SSSR count). The summed E-state index contributed by atoms with van der Waals surface area (Å²) >= 11 is 0. The largest absolute Gasteiger partial charge is 0.393 e. The average Bonchev–Trinajstić information content (AvgIpc) is 3.57.